The zero-order valence-electron chi connectivity index (χ0n) is 15.8. The summed E-state index contributed by atoms with van der Waals surface area (Å²) in [7, 11) is 0. The van der Waals surface area contributed by atoms with Crippen LogP contribution in [0.2, 0.25) is 0 Å². The maximum absolute atomic E-state index is 12.4. The SMILES string of the molecule is CCN(Cc1ccccc1)c1ncc(NC(=O)c2ccc(Br)cc2)cc1C(=O)O. The average molecular weight is 454 g/mol. The zero-order valence-corrected chi connectivity index (χ0v) is 17.4. The molecule has 2 N–H and O–H groups in total. The van der Waals surface area contributed by atoms with Crippen LogP contribution in [-0.2, 0) is 6.54 Å². The first-order valence-electron chi connectivity index (χ1n) is 9.07. The number of pyridine rings is 1. The van der Waals surface area contributed by atoms with Gasteiger partial charge >= 0.3 is 5.97 Å². The number of rotatable bonds is 7. The Hall–Kier alpha value is -3.19. The van der Waals surface area contributed by atoms with Gasteiger partial charge in [0.05, 0.1) is 11.9 Å². The molecule has 0 radical (unpaired) electrons. The van der Waals surface area contributed by atoms with Crippen molar-refractivity contribution in [3.63, 3.8) is 0 Å². The smallest absolute Gasteiger partial charge is 0.339 e. The van der Waals surface area contributed by atoms with E-state index in [1.54, 1.807) is 24.3 Å². The van der Waals surface area contributed by atoms with Crippen molar-refractivity contribution in [2.24, 2.45) is 0 Å². The minimum atomic E-state index is -1.10. The van der Waals surface area contributed by atoms with Crippen molar-refractivity contribution in [1.29, 1.82) is 0 Å². The number of hydrogen-bond donors (Lipinski definition) is 2. The summed E-state index contributed by atoms with van der Waals surface area (Å²) in [5.41, 5.74) is 1.89. The Labute approximate surface area is 177 Å². The molecule has 0 saturated carbocycles. The highest BCUT2D eigenvalue weighted by Gasteiger charge is 2.19. The quantitative estimate of drug-likeness (QED) is 0.535. The second-order valence-electron chi connectivity index (χ2n) is 6.36. The highest BCUT2D eigenvalue weighted by Crippen LogP contribution is 2.24. The van der Waals surface area contributed by atoms with Gasteiger partial charge in [0, 0.05) is 23.1 Å². The highest BCUT2D eigenvalue weighted by molar-refractivity contribution is 9.10. The van der Waals surface area contributed by atoms with E-state index in [0.717, 1.165) is 10.0 Å². The van der Waals surface area contributed by atoms with Crippen molar-refractivity contribution in [2.75, 3.05) is 16.8 Å². The van der Waals surface area contributed by atoms with Crippen LogP contribution in [-0.4, -0.2) is 28.5 Å². The van der Waals surface area contributed by atoms with E-state index in [4.69, 9.17) is 0 Å². The van der Waals surface area contributed by atoms with Gasteiger partial charge in [-0.15, -0.1) is 0 Å². The van der Waals surface area contributed by atoms with Crippen molar-refractivity contribution in [1.82, 2.24) is 4.98 Å². The van der Waals surface area contributed by atoms with Crippen LogP contribution < -0.4 is 10.2 Å². The summed E-state index contributed by atoms with van der Waals surface area (Å²) in [4.78, 5) is 30.5. The number of carboxylic acid groups (broad SMARTS) is 1. The standard InChI is InChI=1S/C22H20BrN3O3/c1-2-26(14-15-6-4-3-5-7-15)20-19(22(28)29)12-18(13-24-20)25-21(27)16-8-10-17(23)11-9-16/h3-13H,2,14H2,1H3,(H,25,27)(H,28,29). The Morgan fingerprint density at radius 2 is 1.79 bits per heavy atom. The molecule has 3 aromatic rings. The van der Waals surface area contributed by atoms with Gasteiger partial charge in [-0.25, -0.2) is 9.78 Å². The van der Waals surface area contributed by atoms with Gasteiger partial charge < -0.3 is 15.3 Å². The van der Waals surface area contributed by atoms with Crippen LogP contribution in [0, 0.1) is 0 Å². The maximum atomic E-state index is 12.4. The molecule has 0 aliphatic heterocycles. The molecule has 0 fully saturated rings. The van der Waals surface area contributed by atoms with E-state index in [2.05, 4.69) is 26.2 Å². The average Bonchev–Trinajstić information content (AvgIpc) is 2.73. The van der Waals surface area contributed by atoms with Crippen LogP contribution in [0.15, 0.2) is 71.3 Å². The molecule has 7 heteroatoms. The molecular weight excluding hydrogens is 434 g/mol. The Morgan fingerprint density at radius 3 is 2.41 bits per heavy atom. The van der Waals surface area contributed by atoms with Crippen LogP contribution in [0.4, 0.5) is 11.5 Å². The monoisotopic (exact) mass is 453 g/mol. The summed E-state index contributed by atoms with van der Waals surface area (Å²) in [6.07, 6.45) is 1.48. The van der Waals surface area contributed by atoms with E-state index in [-0.39, 0.29) is 11.5 Å². The zero-order chi connectivity index (χ0) is 20.8. The third-order valence-electron chi connectivity index (χ3n) is 4.36. The molecule has 148 valence electrons. The van der Waals surface area contributed by atoms with Crippen LogP contribution in [0.25, 0.3) is 0 Å². The molecule has 0 aliphatic carbocycles. The normalized spacial score (nSPS) is 10.4. The lowest BCUT2D eigenvalue weighted by Gasteiger charge is -2.24. The fourth-order valence-electron chi connectivity index (χ4n) is 2.88. The number of nitrogens with one attached hydrogen (secondary N) is 1. The molecule has 1 aromatic heterocycles. The summed E-state index contributed by atoms with van der Waals surface area (Å²) in [6.45, 7) is 3.07. The molecule has 0 spiro atoms. The van der Waals surface area contributed by atoms with Crippen molar-refractivity contribution in [3.8, 4) is 0 Å². The van der Waals surface area contributed by atoms with Gasteiger partial charge in [0.15, 0.2) is 0 Å². The molecule has 6 nitrogen and oxygen atoms in total. The minimum absolute atomic E-state index is 0.0383. The second kappa shape index (κ2) is 9.34. The van der Waals surface area contributed by atoms with Crippen LogP contribution >= 0.6 is 15.9 Å². The van der Waals surface area contributed by atoms with E-state index < -0.39 is 5.97 Å². The Kier molecular flexibility index (Phi) is 6.61. The number of halogens is 1. The molecule has 1 heterocycles. The summed E-state index contributed by atoms with van der Waals surface area (Å²) in [5.74, 6) is -1.07. The molecule has 2 aromatic carbocycles. The third-order valence-corrected chi connectivity index (χ3v) is 4.89. The van der Waals surface area contributed by atoms with Gasteiger partial charge in [-0.1, -0.05) is 46.3 Å². The molecule has 0 atom stereocenters. The molecule has 1 amide bonds. The van der Waals surface area contributed by atoms with Gasteiger partial charge in [-0.2, -0.15) is 0 Å². The molecule has 3 rings (SSSR count). The van der Waals surface area contributed by atoms with Gasteiger partial charge in [-0.3, -0.25) is 4.79 Å². The van der Waals surface area contributed by atoms with Gasteiger partial charge in [0.25, 0.3) is 5.91 Å². The second-order valence-corrected chi connectivity index (χ2v) is 7.28. The number of hydrogen-bond acceptors (Lipinski definition) is 4. The van der Waals surface area contributed by atoms with E-state index >= 15 is 0 Å². The number of carbonyl (C=O) groups is 2. The predicted octanol–water partition coefficient (Wildman–Crippen LogP) is 4.82. The van der Waals surface area contributed by atoms with E-state index in [9.17, 15) is 14.7 Å². The molecule has 0 saturated heterocycles. The maximum Gasteiger partial charge on any atom is 0.339 e. The molecule has 0 bridgehead atoms. The van der Waals surface area contributed by atoms with Crippen LogP contribution in [0.1, 0.15) is 33.2 Å². The molecule has 0 unspecified atom stereocenters. The Morgan fingerprint density at radius 1 is 1.10 bits per heavy atom. The number of aromatic nitrogens is 1. The summed E-state index contributed by atoms with van der Waals surface area (Å²) >= 11 is 3.33. The van der Waals surface area contributed by atoms with Gasteiger partial charge in [-0.05, 0) is 42.8 Å². The van der Waals surface area contributed by atoms with Crippen molar-refractivity contribution >= 4 is 39.3 Å². The first kappa shape index (κ1) is 20.5. The van der Waals surface area contributed by atoms with Gasteiger partial charge in [0.2, 0.25) is 0 Å². The molecular formula is C22H20BrN3O3. The number of amides is 1. The van der Waals surface area contributed by atoms with Crippen molar-refractivity contribution in [3.05, 3.63) is 88.0 Å². The lowest BCUT2D eigenvalue weighted by molar-refractivity contribution is 0.0696. The fraction of sp³-hybridized carbons (Fsp3) is 0.136. The van der Waals surface area contributed by atoms with Crippen LogP contribution in [0.5, 0.6) is 0 Å². The largest absolute Gasteiger partial charge is 0.478 e. The number of anilines is 2. The summed E-state index contributed by atoms with van der Waals surface area (Å²) in [6, 6.07) is 18.1. The first-order chi connectivity index (χ1) is 14.0. The number of aromatic carboxylic acids is 1. The van der Waals surface area contributed by atoms with E-state index in [1.807, 2.05) is 42.2 Å². The van der Waals surface area contributed by atoms with Crippen LogP contribution in [0.3, 0.4) is 0 Å². The van der Waals surface area contributed by atoms with E-state index in [1.165, 1.54) is 12.3 Å². The molecule has 0 aliphatic rings. The summed E-state index contributed by atoms with van der Waals surface area (Å²) in [5, 5.41) is 12.4. The van der Waals surface area contributed by atoms with Gasteiger partial charge in [0.1, 0.15) is 11.4 Å². The van der Waals surface area contributed by atoms with Crippen molar-refractivity contribution in [2.45, 2.75) is 13.5 Å². The lowest BCUT2D eigenvalue weighted by atomic mass is 10.1. The number of benzene rings is 2. The number of carboxylic acids is 1. The lowest BCUT2D eigenvalue weighted by Crippen LogP contribution is -2.25. The number of nitrogens with zero attached hydrogens (tertiary/aromatic N) is 2. The Bertz CT molecular complexity index is 1010. The number of carbonyl (C=O) groups excluding carboxylic acids is 1. The summed E-state index contributed by atoms with van der Waals surface area (Å²) < 4.78 is 0.867. The van der Waals surface area contributed by atoms with E-state index in [0.29, 0.717) is 30.2 Å². The fourth-order valence-corrected chi connectivity index (χ4v) is 3.14. The third kappa shape index (κ3) is 5.20. The highest BCUT2D eigenvalue weighted by atomic mass is 79.9. The Balaban J connectivity index is 1.85. The minimum Gasteiger partial charge on any atom is -0.478 e. The first-order valence-corrected chi connectivity index (χ1v) is 9.86. The topological polar surface area (TPSA) is 82.5 Å². The van der Waals surface area contributed by atoms with Crippen molar-refractivity contribution < 1.29 is 14.7 Å². The predicted molar refractivity (Wildman–Crippen MR) is 116 cm³/mol. The molecule has 29 heavy (non-hydrogen) atoms.